The van der Waals surface area contributed by atoms with Crippen LogP contribution in [0.3, 0.4) is 0 Å². The minimum atomic E-state index is -0.190. The Bertz CT molecular complexity index is 388. The highest BCUT2D eigenvalue weighted by atomic mass is 32.1. The lowest BCUT2D eigenvalue weighted by Crippen LogP contribution is -2.21. The van der Waals surface area contributed by atoms with Gasteiger partial charge in [-0.05, 0) is 11.8 Å². The number of hydrogen-bond acceptors (Lipinski definition) is 5. The van der Waals surface area contributed by atoms with Gasteiger partial charge in [0.25, 0.3) is 0 Å². The van der Waals surface area contributed by atoms with Crippen molar-refractivity contribution in [1.82, 2.24) is 4.98 Å². The van der Waals surface area contributed by atoms with Gasteiger partial charge in [-0.25, -0.2) is 4.98 Å². The van der Waals surface area contributed by atoms with E-state index in [9.17, 15) is 4.79 Å². The van der Waals surface area contributed by atoms with Gasteiger partial charge in [-0.3, -0.25) is 4.79 Å². The van der Waals surface area contributed by atoms with E-state index in [1.807, 2.05) is 5.38 Å². The third-order valence-corrected chi connectivity index (χ3v) is 3.89. The van der Waals surface area contributed by atoms with E-state index in [-0.39, 0.29) is 11.4 Å². The van der Waals surface area contributed by atoms with Crippen LogP contribution in [0.4, 0.5) is 5.13 Å². The summed E-state index contributed by atoms with van der Waals surface area (Å²) in [6, 6.07) is 0. The van der Waals surface area contributed by atoms with Crippen molar-refractivity contribution in [3.05, 3.63) is 11.1 Å². The Labute approximate surface area is 113 Å². The van der Waals surface area contributed by atoms with Crippen molar-refractivity contribution >= 4 is 22.4 Å². The van der Waals surface area contributed by atoms with Crippen LogP contribution in [0.5, 0.6) is 0 Å². The summed E-state index contributed by atoms with van der Waals surface area (Å²) in [4.78, 5) is 15.5. The fourth-order valence-electron chi connectivity index (χ4n) is 1.28. The molecule has 4 nitrogen and oxygen atoms in total. The number of thiazole rings is 1. The summed E-state index contributed by atoms with van der Waals surface area (Å²) in [6.45, 7) is 7.55. The first-order valence-electron chi connectivity index (χ1n) is 6.22. The topological polar surface area (TPSA) is 51.2 Å². The van der Waals surface area contributed by atoms with Gasteiger partial charge in [0, 0.05) is 18.3 Å². The Hall–Kier alpha value is -1.10. The number of methoxy groups -OCH3 is 1. The normalized spacial score (nSPS) is 11.3. The minimum Gasteiger partial charge on any atom is -0.469 e. The van der Waals surface area contributed by atoms with Gasteiger partial charge in [-0.1, -0.05) is 20.8 Å². The summed E-state index contributed by atoms with van der Waals surface area (Å²) < 4.78 is 4.61. The number of nitrogens with one attached hydrogen (secondary N) is 1. The van der Waals surface area contributed by atoms with Gasteiger partial charge in [-0.15, -0.1) is 11.3 Å². The van der Waals surface area contributed by atoms with Crippen LogP contribution in [-0.2, 0) is 16.0 Å². The quantitative estimate of drug-likeness (QED) is 0.774. The molecule has 102 valence electrons. The molecule has 0 saturated carbocycles. The molecule has 0 aromatic carbocycles. The molecular weight excluding hydrogens is 248 g/mol. The van der Waals surface area contributed by atoms with Crippen molar-refractivity contribution in [1.29, 1.82) is 0 Å². The highest BCUT2D eigenvalue weighted by Gasteiger charge is 2.15. The number of nitrogens with zero attached hydrogens (tertiary/aromatic N) is 1. The zero-order valence-electron chi connectivity index (χ0n) is 11.6. The molecule has 0 fully saturated rings. The van der Waals surface area contributed by atoms with Crippen molar-refractivity contribution in [3.63, 3.8) is 0 Å². The van der Waals surface area contributed by atoms with E-state index in [2.05, 4.69) is 35.8 Å². The Kier molecular flexibility index (Phi) is 5.59. The third-order valence-electron chi connectivity index (χ3n) is 3.04. The lowest BCUT2D eigenvalue weighted by molar-refractivity contribution is -0.140. The van der Waals surface area contributed by atoms with Crippen LogP contribution in [-0.4, -0.2) is 24.6 Å². The second kappa shape index (κ2) is 6.73. The van der Waals surface area contributed by atoms with Gasteiger partial charge in [0.1, 0.15) is 0 Å². The molecule has 0 atom stereocenters. The average Bonchev–Trinajstić information content (AvgIpc) is 2.81. The molecule has 0 radical (unpaired) electrons. The van der Waals surface area contributed by atoms with Gasteiger partial charge < -0.3 is 10.1 Å². The molecule has 1 rings (SSSR count). The van der Waals surface area contributed by atoms with Gasteiger partial charge >= 0.3 is 5.97 Å². The van der Waals surface area contributed by atoms with E-state index < -0.39 is 0 Å². The van der Waals surface area contributed by atoms with Crippen molar-refractivity contribution in [2.24, 2.45) is 5.41 Å². The SMILES string of the molecule is CCC(C)(C)CNc1nc(CCC(=O)OC)cs1. The lowest BCUT2D eigenvalue weighted by Gasteiger charge is -2.22. The van der Waals surface area contributed by atoms with Crippen molar-refractivity contribution < 1.29 is 9.53 Å². The van der Waals surface area contributed by atoms with E-state index >= 15 is 0 Å². The summed E-state index contributed by atoms with van der Waals surface area (Å²) in [6.07, 6.45) is 2.16. The van der Waals surface area contributed by atoms with Crippen LogP contribution in [0.25, 0.3) is 0 Å². The number of aromatic nitrogens is 1. The molecule has 0 aliphatic heterocycles. The predicted octanol–water partition coefficient (Wildman–Crippen LogP) is 3.10. The first kappa shape index (κ1) is 15.0. The van der Waals surface area contributed by atoms with Gasteiger partial charge in [0.05, 0.1) is 19.2 Å². The van der Waals surface area contributed by atoms with Crippen LogP contribution in [0.1, 0.15) is 39.3 Å². The van der Waals surface area contributed by atoms with Gasteiger partial charge in [0.15, 0.2) is 5.13 Å². The largest absolute Gasteiger partial charge is 0.469 e. The number of aryl methyl sites for hydroxylation is 1. The van der Waals surface area contributed by atoms with Crippen molar-refractivity contribution in [2.45, 2.75) is 40.0 Å². The molecule has 0 unspecified atom stereocenters. The molecule has 0 spiro atoms. The minimum absolute atomic E-state index is 0.190. The van der Waals surface area contributed by atoms with Crippen LogP contribution in [0.15, 0.2) is 5.38 Å². The average molecular weight is 270 g/mol. The predicted molar refractivity (Wildman–Crippen MR) is 75.0 cm³/mol. The Morgan fingerprint density at radius 2 is 2.28 bits per heavy atom. The fraction of sp³-hybridized carbons (Fsp3) is 0.692. The monoisotopic (exact) mass is 270 g/mol. The summed E-state index contributed by atoms with van der Waals surface area (Å²) in [5.74, 6) is -0.190. The number of carbonyl (C=O) groups excluding carboxylic acids is 1. The van der Waals surface area contributed by atoms with Gasteiger partial charge in [0.2, 0.25) is 0 Å². The molecule has 1 heterocycles. The third kappa shape index (κ3) is 5.04. The molecule has 0 amide bonds. The van der Waals surface area contributed by atoms with Crippen LogP contribution in [0, 0.1) is 5.41 Å². The van der Waals surface area contributed by atoms with E-state index in [1.54, 1.807) is 11.3 Å². The van der Waals surface area contributed by atoms with Gasteiger partial charge in [-0.2, -0.15) is 0 Å². The summed E-state index contributed by atoms with van der Waals surface area (Å²) in [7, 11) is 1.41. The molecule has 18 heavy (non-hydrogen) atoms. The summed E-state index contributed by atoms with van der Waals surface area (Å²) in [5, 5.41) is 6.27. The summed E-state index contributed by atoms with van der Waals surface area (Å²) in [5.41, 5.74) is 1.22. The van der Waals surface area contributed by atoms with Crippen LogP contribution in [0.2, 0.25) is 0 Å². The number of hydrogen-bond donors (Lipinski definition) is 1. The number of carbonyl (C=O) groups is 1. The number of rotatable bonds is 7. The maximum Gasteiger partial charge on any atom is 0.305 e. The maximum atomic E-state index is 11.0. The molecule has 5 heteroatoms. The smallest absolute Gasteiger partial charge is 0.305 e. The summed E-state index contributed by atoms with van der Waals surface area (Å²) >= 11 is 1.59. The highest BCUT2D eigenvalue weighted by molar-refractivity contribution is 7.13. The molecular formula is C13H22N2O2S. The Balaban J connectivity index is 2.41. The highest BCUT2D eigenvalue weighted by Crippen LogP contribution is 2.22. The van der Waals surface area contributed by atoms with E-state index in [0.717, 1.165) is 23.8 Å². The zero-order valence-corrected chi connectivity index (χ0v) is 12.4. The maximum absolute atomic E-state index is 11.0. The second-order valence-corrected chi connectivity index (χ2v) is 5.95. The van der Waals surface area contributed by atoms with Crippen molar-refractivity contribution in [3.8, 4) is 0 Å². The fourth-order valence-corrected chi connectivity index (χ4v) is 2.02. The molecule has 0 bridgehead atoms. The zero-order chi connectivity index (χ0) is 13.6. The molecule has 0 saturated heterocycles. The first-order chi connectivity index (χ1) is 8.46. The lowest BCUT2D eigenvalue weighted by atomic mass is 9.90. The molecule has 1 aromatic heterocycles. The Morgan fingerprint density at radius 1 is 1.56 bits per heavy atom. The number of esters is 1. The number of ether oxygens (including phenoxy) is 1. The first-order valence-corrected chi connectivity index (χ1v) is 7.10. The standard InChI is InChI=1S/C13H22N2O2S/c1-5-13(2,3)9-14-12-15-10(8-18-12)6-7-11(16)17-4/h8H,5-7,9H2,1-4H3,(H,14,15). The molecule has 1 N–H and O–H groups in total. The Morgan fingerprint density at radius 3 is 2.89 bits per heavy atom. The molecule has 1 aromatic rings. The molecule has 0 aliphatic carbocycles. The van der Waals surface area contributed by atoms with E-state index in [1.165, 1.54) is 7.11 Å². The van der Waals surface area contributed by atoms with E-state index in [0.29, 0.717) is 12.8 Å². The second-order valence-electron chi connectivity index (χ2n) is 5.09. The van der Waals surface area contributed by atoms with Crippen molar-refractivity contribution in [2.75, 3.05) is 19.0 Å². The van der Waals surface area contributed by atoms with E-state index in [4.69, 9.17) is 0 Å². The molecule has 0 aliphatic rings. The van der Waals surface area contributed by atoms with Crippen LogP contribution < -0.4 is 5.32 Å². The number of anilines is 1. The van der Waals surface area contributed by atoms with Crippen LogP contribution >= 0.6 is 11.3 Å².